The van der Waals surface area contributed by atoms with E-state index >= 15 is 0 Å². The number of hydrogen-bond donors (Lipinski definition) is 2. The molecule has 7 heteroatoms. The van der Waals surface area contributed by atoms with Gasteiger partial charge < -0.3 is 10.7 Å². The van der Waals surface area contributed by atoms with Crippen LogP contribution in [0.1, 0.15) is 0 Å². The average Bonchev–Trinajstić information content (AvgIpc) is 2.23. The van der Waals surface area contributed by atoms with E-state index in [1.807, 2.05) is 0 Å². The second kappa shape index (κ2) is 4.54. The minimum absolute atomic E-state index is 0.00298. The molecule has 0 amide bonds. The number of aromatic amines is 1. The van der Waals surface area contributed by atoms with E-state index in [0.29, 0.717) is 0 Å². The molecule has 0 bridgehead atoms. The number of nitrogens with one attached hydrogen (secondary N) is 1. The van der Waals surface area contributed by atoms with Gasteiger partial charge in [-0.25, -0.2) is 13.8 Å². The third-order valence-electron chi connectivity index (χ3n) is 1.88. The molecule has 0 saturated carbocycles. The van der Waals surface area contributed by atoms with Gasteiger partial charge in [0, 0.05) is 11.8 Å². The SMILES string of the molecule is Nc1cc(F)c(Sc2cc(=O)[nH]cn2)c(F)c1. The number of nitrogen functional groups attached to an aromatic ring is 1. The van der Waals surface area contributed by atoms with E-state index in [9.17, 15) is 13.6 Å². The van der Waals surface area contributed by atoms with Crippen LogP contribution >= 0.6 is 11.8 Å². The lowest BCUT2D eigenvalue weighted by Crippen LogP contribution is -2.04. The summed E-state index contributed by atoms with van der Waals surface area (Å²) in [5.41, 5.74) is 4.90. The molecule has 17 heavy (non-hydrogen) atoms. The van der Waals surface area contributed by atoms with Crippen molar-refractivity contribution >= 4 is 17.4 Å². The minimum atomic E-state index is -0.783. The lowest BCUT2D eigenvalue weighted by atomic mass is 10.3. The second-order valence-corrected chi connectivity index (χ2v) is 4.20. The first-order valence-corrected chi connectivity index (χ1v) is 5.35. The van der Waals surface area contributed by atoms with Gasteiger partial charge in [0.05, 0.1) is 11.2 Å². The third-order valence-corrected chi connectivity index (χ3v) is 2.91. The number of aromatic nitrogens is 2. The number of H-pyrrole nitrogens is 1. The molecule has 1 aromatic carbocycles. The normalized spacial score (nSPS) is 10.5. The number of anilines is 1. The fourth-order valence-corrected chi connectivity index (χ4v) is 1.98. The van der Waals surface area contributed by atoms with Gasteiger partial charge in [-0.1, -0.05) is 11.8 Å². The zero-order valence-electron chi connectivity index (χ0n) is 8.41. The Kier molecular flexibility index (Phi) is 3.10. The highest BCUT2D eigenvalue weighted by Crippen LogP contribution is 2.31. The Morgan fingerprint density at radius 2 is 1.88 bits per heavy atom. The van der Waals surface area contributed by atoms with Gasteiger partial charge in [-0.2, -0.15) is 0 Å². The second-order valence-electron chi connectivity index (χ2n) is 3.17. The molecule has 2 rings (SSSR count). The summed E-state index contributed by atoms with van der Waals surface area (Å²) in [6.07, 6.45) is 1.16. The molecule has 0 fully saturated rings. The highest BCUT2D eigenvalue weighted by Gasteiger charge is 2.12. The fraction of sp³-hybridized carbons (Fsp3) is 0. The van der Waals surface area contributed by atoms with Gasteiger partial charge in [0.2, 0.25) is 0 Å². The molecular weight excluding hydrogens is 248 g/mol. The average molecular weight is 255 g/mol. The lowest BCUT2D eigenvalue weighted by molar-refractivity contribution is 0.541. The molecule has 0 aliphatic heterocycles. The Labute approximate surface area is 98.9 Å². The Morgan fingerprint density at radius 1 is 1.24 bits per heavy atom. The topological polar surface area (TPSA) is 71.8 Å². The Hall–Kier alpha value is -1.89. The van der Waals surface area contributed by atoms with Gasteiger partial charge in [0.1, 0.15) is 16.7 Å². The molecule has 2 aromatic rings. The summed E-state index contributed by atoms with van der Waals surface area (Å²) in [6, 6.07) is 3.18. The van der Waals surface area contributed by atoms with Crippen LogP contribution in [0.5, 0.6) is 0 Å². The summed E-state index contributed by atoms with van der Waals surface area (Å²) in [4.78, 5) is 16.8. The fourth-order valence-electron chi connectivity index (χ4n) is 1.19. The summed E-state index contributed by atoms with van der Waals surface area (Å²) in [5.74, 6) is -1.57. The van der Waals surface area contributed by atoms with Crippen LogP contribution in [0.2, 0.25) is 0 Å². The number of benzene rings is 1. The monoisotopic (exact) mass is 255 g/mol. The van der Waals surface area contributed by atoms with Crippen LogP contribution in [-0.2, 0) is 0 Å². The number of nitrogens with two attached hydrogens (primary N) is 1. The first-order valence-electron chi connectivity index (χ1n) is 4.53. The van der Waals surface area contributed by atoms with E-state index in [-0.39, 0.29) is 15.6 Å². The number of hydrogen-bond acceptors (Lipinski definition) is 4. The van der Waals surface area contributed by atoms with Crippen molar-refractivity contribution < 1.29 is 8.78 Å². The van der Waals surface area contributed by atoms with E-state index in [4.69, 9.17) is 5.73 Å². The molecule has 3 N–H and O–H groups in total. The van der Waals surface area contributed by atoms with Crippen LogP contribution in [0.4, 0.5) is 14.5 Å². The molecule has 1 aromatic heterocycles. The maximum Gasteiger partial charge on any atom is 0.251 e. The minimum Gasteiger partial charge on any atom is -0.399 e. The van der Waals surface area contributed by atoms with Gasteiger partial charge in [-0.05, 0) is 12.1 Å². The van der Waals surface area contributed by atoms with E-state index in [2.05, 4.69) is 9.97 Å². The summed E-state index contributed by atoms with van der Waals surface area (Å²) in [6.45, 7) is 0. The van der Waals surface area contributed by atoms with Crippen LogP contribution in [0, 0.1) is 11.6 Å². The summed E-state index contributed by atoms with van der Waals surface area (Å²) < 4.78 is 26.9. The van der Waals surface area contributed by atoms with Crippen molar-refractivity contribution in [3.63, 3.8) is 0 Å². The number of rotatable bonds is 2. The number of halogens is 2. The van der Waals surface area contributed by atoms with Gasteiger partial charge in [-0.3, -0.25) is 4.79 Å². The Morgan fingerprint density at radius 3 is 2.47 bits per heavy atom. The van der Waals surface area contributed by atoms with Crippen molar-refractivity contribution in [3.05, 3.63) is 46.5 Å². The van der Waals surface area contributed by atoms with Crippen LogP contribution in [-0.4, -0.2) is 9.97 Å². The van der Waals surface area contributed by atoms with E-state index in [1.54, 1.807) is 0 Å². The quantitative estimate of drug-likeness (QED) is 0.634. The molecule has 0 atom stereocenters. The molecule has 88 valence electrons. The van der Waals surface area contributed by atoms with Gasteiger partial charge >= 0.3 is 0 Å². The molecule has 0 radical (unpaired) electrons. The molecule has 0 unspecified atom stereocenters. The molecule has 0 aliphatic carbocycles. The molecule has 4 nitrogen and oxygen atoms in total. The van der Waals surface area contributed by atoms with Crippen LogP contribution in [0.25, 0.3) is 0 Å². The van der Waals surface area contributed by atoms with E-state index in [0.717, 1.165) is 36.3 Å². The molecular formula is C10H7F2N3OS. The largest absolute Gasteiger partial charge is 0.399 e. The smallest absolute Gasteiger partial charge is 0.251 e. The van der Waals surface area contributed by atoms with Crippen molar-refractivity contribution in [1.29, 1.82) is 0 Å². The molecule has 0 aliphatic rings. The van der Waals surface area contributed by atoms with Gasteiger partial charge in [0.25, 0.3) is 5.56 Å². The maximum atomic E-state index is 13.4. The van der Waals surface area contributed by atoms with E-state index in [1.165, 1.54) is 0 Å². The standard InChI is InChI=1S/C10H7F2N3OS/c11-6-1-5(13)2-7(12)10(6)17-9-3-8(16)14-4-15-9/h1-4H,13H2,(H,14,15,16). The zero-order chi connectivity index (χ0) is 12.4. The maximum absolute atomic E-state index is 13.4. The van der Waals surface area contributed by atoms with Crippen molar-refractivity contribution in [2.45, 2.75) is 9.92 Å². The number of nitrogens with zero attached hydrogens (tertiary/aromatic N) is 1. The first-order chi connectivity index (χ1) is 8.06. The van der Waals surface area contributed by atoms with Crippen LogP contribution < -0.4 is 11.3 Å². The Bertz CT molecular complexity index is 591. The predicted molar refractivity (Wildman–Crippen MR) is 59.8 cm³/mol. The molecule has 0 spiro atoms. The molecule has 0 saturated heterocycles. The Balaban J connectivity index is 2.40. The van der Waals surface area contributed by atoms with Crippen LogP contribution in [0.3, 0.4) is 0 Å². The van der Waals surface area contributed by atoms with Gasteiger partial charge in [-0.15, -0.1) is 0 Å². The molecule has 1 heterocycles. The van der Waals surface area contributed by atoms with Crippen molar-refractivity contribution in [3.8, 4) is 0 Å². The highest BCUT2D eigenvalue weighted by atomic mass is 32.2. The van der Waals surface area contributed by atoms with Crippen molar-refractivity contribution in [2.24, 2.45) is 0 Å². The van der Waals surface area contributed by atoms with E-state index < -0.39 is 17.2 Å². The van der Waals surface area contributed by atoms with Crippen molar-refractivity contribution in [2.75, 3.05) is 5.73 Å². The summed E-state index contributed by atoms with van der Waals surface area (Å²) in [7, 11) is 0. The zero-order valence-corrected chi connectivity index (χ0v) is 9.22. The summed E-state index contributed by atoms with van der Waals surface area (Å²) in [5, 5.41) is 0.205. The highest BCUT2D eigenvalue weighted by molar-refractivity contribution is 7.99. The summed E-state index contributed by atoms with van der Waals surface area (Å²) >= 11 is 0.727. The van der Waals surface area contributed by atoms with Crippen molar-refractivity contribution in [1.82, 2.24) is 9.97 Å². The first kappa shape index (κ1) is 11.6. The lowest BCUT2D eigenvalue weighted by Gasteiger charge is -2.04. The van der Waals surface area contributed by atoms with Gasteiger partial charge in [0.15, 0.2) is 0 Å². The third kappa shape index (κ3) is 2.62. The van der Waals surface area contributed by atoms with Crippen LogP contribution in [0.15, 0.2) is 39.2 Å². The predicted octanol–water partition coefficient (Wildman–Crippen LogP) is 1.78.